The molecule has 4 aromatic rings. The molecule has 0 unspecified atom stereocenters. The van der Waals surface area contributed by atoms with E-state index in [1.54, 1.807) is 18.5 Å². The number of aromatic amines is 1. The van der Waals surface area contributed by atoms with Crippen molar-refractivity contribution in [3.05, 3.63) is 42.7 Å². The maximum Gasteiger partial charge on any atom is 0.171 e. The maximum absolute atomic E-state index is 9.86. The van der Waals surface area contributed by atoms with Crippen LogP contribution < -0.4 is 4.90 Å². The van der Waals surface area contributed by atoms with Crippen LogP contribution in [0.4, 0.5) is 5.82 Å². The van der Waals surface area contributed by atoms with Crippen LogP contribution >= 0.6 is 11.3 Å². The highest BCUT2D eigenvalue weighted by Crippen LogP contribution is 2.39. The Morgan fingerprint density at radius 3 is 2.74 bits per heavy atom. The third kappa shape index (κ3) is 2.92. The molecular formula is C19H17N5O2S. The third-order valence-electron chi connectivity index (χ3n) is 4.66. The second-order valence-electron chi connectivity index (χ2n) is 6.29. The zero-order valence-electron chi connectivity index (χ0n) is 14.4. The predicted octanol–water partition coefficient (Wildman–Crippen LogP) is 3.29. The molecule has 8 heteroatoms. The Balaban J connectivity index is 1.77. The number of aromatic nitrogens is 4. The van der Waals surface area contributed by atoms with Gasteiger partial charge in [-0.15, -0.1) is 0 Å². The maximum atomic E-state index is 9.86. The Labute approximate surface area is 159 Å². The molecule has 27 heavy (non-hydrogen) atoms. The largest absolute Gasteiger partial charge is 0.499 e. The lowest BCUT2D eigenvalue weighted by atomic mass is 10.1. The first kappa shape index (κ1) is 16.2. The van der Waals surface area contributed by atoms with Crippen molar-refractivity contribution >= 4 is 28.1 Å². The van der Waals surface area contributed by atoms with Gasteiger partial charge in [0.25, 0.3) is 0 Å². The molecule has 7 nitrogen and oxygen atoms in total. The number of thiophene rings is 1. The summed E-state index contributed by atoms with van der Waals surface area (Å²) in [6, 6.07) is 9.61. The molecule has 1 aliphatic heterocycles. The predicted molar refractivity (Wildman–Crippen MR) is 105 cm³/mol. The van der Waals surface area contributed by atoms with Crippen molar-refractivity contribution in [2.24, 2.45) is 0 Å². The average molecular weight is 379 g/mol. The van der Waals surface area contributed by atoms with Crippen LogP contribution in [-0.4, -0.2) is 51.6 Å². The van der Waals surface area contributed by atoms with Crippen molar-refractivity contribution in [3.63, 3.8) is 0 Å². The number of nitrogens with one attached hydrogen (secondary N) is 1. The van der Waals surface area contributed by atoms with Gasteiger partial charge in [-0.25, -0.2) is 4.98 Å². The van der Waals surface area contributed by atoms with Gasteiger partial charge in [-0.2, -0.15) is 5.10 Å². The molecule has 0 aliphatic carbocycles. The van der Waals surface area contributed by atoms with E-state index in [9.17, 15) is 5.11 Å². The van der Waals surface area contributed by atoms with Gasteiger partial charge >= 0.3 is 0 Å². The molecule has 0 radical (unpaired) electrons. The van der Waals surface area contributed by atoms with Crippen LogP contribution in [0.5, 0.6) is 5.06 Å². The van der Waals surface area contributed by atoms with Gasteiger partial charge in [0.05, 0.1) is 18.9 Å². The number of H-pyrrole nitrogens is 1. The summed E-state index contributed by atoms with van der Waals surface area (Å²) in [5, 5.41) is 18.2. The molecule has 0 saturated carbocycles. The normalized spacial score (nSPS) is 14.7. The lowest BCUT2D eigenvalue weighted by molar-refractivity contribution is 0.122. The number of aromatic hydroxyl groups is 1. The molecule has 0 atom stereocenters. The van der Waals surface area contributed by atoms with Gasteiger partial charge in [0.15, 0.2) is 5.06 Å². The zero-order chi connectivity index (χ0) is 18.2. The number of nitrogens with zero attached hydrogens (tertiary/aromatic N) is 4. The van der Waals surface area contributed by atoms with Gasteiger partial charge < -0.3 is 14.7 Å². The molecule has 1 aliphatic rings. The van der Waals surface area contributed by atoms with E-state index in [2.05, 4.69) is 26.1 Å². The zero-order valence-corrected chi connectivity index (χ0v) is 15.2. The minimum Gasteiger partial charge on any atom is -0.499 e. The molecule has 0 spiro atoms. The summed E-state index contributed by atoms with van der Waals surface area (Å²) in [5.41, 5.74) is 3.44. The minimum atomic E-state index is 0.297. The molecule has 0 bridgehead atoms. The second-order valence-corrected chi connectivity index (χ2v) is 7.35. The van der Waals surface area contributed by atoms with Gasteiger partial charge in [0.1, 0.15) is 17.0 Å². The van der Waals surface area contributed by atoms with Gasteiger partial charge in [0.2, 0.25) is 0 Å². The van der Waals surface area contributed by atoms with Gasteiger partial charge in [-0.3, -0.25) is 10.1 Å². The van der Waals surface area contributed by atoms with E-state index < -0.39 is 0 Å². The van der Waals surface area contributed by atoms with Crippen LogP contribution in [0, 0.1) is 0 Å². The van der Waals surface area contributed by atoms with E-state index in [0.717, 1.165) is 51.6 Å². The molecular weight excluding hydrogens is 362 g/mol. The van der Waals surface area contributed by atoms with Crippen molar-refractivity contribution in [1.29, 1.82) is 0 Å². The van der Waals surface area contributed by atoms with Crippen molar-refractivity contribution in [2.75, 3.05) is 31.2 Å². The van der Waals surface area contributed by atoms with Crippen LogP contribution in [0.3, 0.4) is 0 Å². The van der Waals surface area contributed by atoms with Crippen LogP contribution in [0.1, 0.15) is 0 Å². The Hall–Kier alpha value is -2.97. The summed E-state index contributed by atoms with van der Waals surface area (Å²) in [6.45, 7) is 2.98. The average Bonchev–Trinajstić information content (AvgIpc) is 3.39. The molecule has 4 aromatic heterocycles. The van der Waals surface area contributed by atoms with Crippen molar-refractivity contribution in [2.45, 2.75) is 0 Å². The highest BCUT2D eigenvalue weighted by Gasteiger charge is 2.19. The Morgan fingerprint density at radius 2 is 2.00 bits per heavy atom. The van der Waals surface area contributed by atoms with E-state index in [1.165, 1.54) is 11.3 Å². The first-order chi connectivity index (χ1) is 13.3. The summed E-state index contributed by atoms with van der Waals surface area (Å²) in [5.74, 6) is 0.891. The number of hydrogen-bond donors (Lipinski definition) is 2. The standard InChI is InChI=1S/C19H17N5O2S/c25-17-2-1-15(27-17)13-11-16(24-7-9-26-10-8-24)22-18-12(13)3-5-20-19(18)14-4-6-21-23-14/h1-6,11,25H,7-10H2,(H,21,23). The lowest BCUT2D eigenvalue weighted by Crippen LogP contribution is -2.36. The van der Waals surface area contributed by atoms with Crippen molar-refractivity contribution in [1.82, 2.24) is 20.2 Å². The fourth-order valence-corrected chi connectivity index (χ4v) is 4.13. The SMILES string of the molecule is Oc1ccc(-c2cc(N3CCOCC3)nc3c(-c4ccn[nH]4)nccc23)s1. The van der Waals surface area contributed by atoms with E-state index >= 15 is 0 Å². The van der Waals surface area contributed by atoms with Crippen LogP contribution in [-0.2, 0) is 4.74 Å². The fourth-order valence-electron chi connectivity index (χ4n) is 3.35. The molecule has 136 valence electrons. The van der Waals surface area contributed by atoms with E-state index in [1.807, 2.05) is 18.2 Å². The molecule has 0 aromatic carbocycles. The Bertz CT molecular complexity index is 1090. The summed E-state index contributed by atoms with van der Waals surface area (Å²) < 4.78 is 5.48. The third-order valence-corrected chi connectivity index (χ3v) is 5.58. The Kier molecular flexibility index (Phi) is 3.99. The molecule has 5 heterocycles. The summed E-state index contributed by atoms with van der Waals surface area (Å²) in [7, 11) is 0. The number of pyridine rings is 2. The Morgan fingerprint density at radius 1 is 1.11 bits per heavy atom. The quantitative estimate of drug-likeness (QED) is 0.568. The molecule has 5 rings (SSSR count). The van der Waals surface area contributed by atoms with Crippen LogP contribution in [0.2, 0.25) is 0 Å². The van der Waals surface area contributed by atoms with E-state index in [-0.39, 0.29) is 0 Å². The molecule has 2 N–H and O–H groups in total. The molecule has 1 fully saturated rings. The molecule has 1 saturated heterocycles. The highest BCUT2D eigenvalue weighted by atomic mass is 32.1. The topological polar surface area (TPSA) is 87.2 Å². The number of rotatable bonds is 3. The second kappa shape index (κ2) is 6.64. The van der Waals surface area contributed by atoms with Crippen molar-refractivity contribution in [3.8, 4) is 26.9 Å². The summed E-state index contributed by atoms with van der Waals surface area (Å²) >= 11 is 1.36. The lowest BCUT2D eigenvalue weighted by Gasteiger charge is -2.28. The van der Waals surface area contributed by atoms with Crippen LogP contribution in [0.15, 0.2) is 42.7 Å². The number of morpholine rings is 1. The number of anilines is 1. The fraction of sp³-hybridized carbons (Fsp3) is 0.211. The monoisotopic (exact) mass is 379 g/mol. The number of ether oxygens (including phenoxy) is 1. The van der Waals surface area contributed by atoms with E-state index in [4.69, 9.17) is 9.72 Å². The first-order valence-corrected chi connectivity index (χ1v) is 9.52. The highest BCUT2D eigenvalue weighted by molar-refractivity contribution is 7.17. The summed E-state index contributed by atoms with van der Waals surface area (Å²) in [4.78, 5) is 12.7. The molecule has 0 amide bonds. The van der Waals surface area contributed by atoms with Gasteiger partial charge in [-0.1, -0.05) is 11.3 Å². The van der Waals surface area contributed by atoms with Gasteiger partial charge in [-0.05, 0) is 30.3 Å². The smallest absolute Gasteiger partial charge is 0.171 e. The van der Waals surface area contributed by atoms with Gasteiger partial charge in [0, 0.05) is 41.3 Å². The van der Waals surface area contributed by atoms with Crippen LogP contribution in [0.25, 0.3) is 32.7 Å². The minimum absolute atomic E-state index is 0.297. The number of fused-ring (bicyclic) bond motifs is 1. The van der Waals surface area contributed by atoms with Crippen molar-refractivity contribution < 1.29 is 9.84 Å². The summed E-state index contributed by atoms with van der Waals surface area (Å²) in [6.07, 6.45) is 3.49. The first-order valence-electron chi connectivity index (χ1n) is 8.71. The van der Waals surface area contributed by atoms with E-state index in [0.29, 0.717) is 18.3 Å². The number of hydrogen-bond acceptors (Lipinski definition) is 7.